The van der Waals surface area contributed by atoms with Gasteiger partial charge in [-0.25, -0.2) is 0 Å². The number of hydrogen-bond acceptors (Lipinski definition) is 3. The maximum Gasteiger partial charge on any atom is 0.323 e. The average Bonchev–Trinajstić information content (AvgIpc) is 2.43. The molecule has 1 heterocycles. The topological polar surface area (TPSA) is 83.6 Å². The predicted molar refractivity (Wildman–Crippen MR) is 80.3 cm³/mol. The van der Waals surface area contributed by atoms with E-state index in [0.717, 1.165) is 24.9 Å². The Balaban J connectivity index is 2.24. The van der Waals surface area contributed by atoms with Crippen LogP contribution in [0.5, 0.6) is 0 Å². The number of amides is 1. The van der Waals surface area contributed by atoms with Gasteiger partial charge in [0.15, 0.2) is 0 Å². The van der Waals surface area contributed by atoms with Crippen molar-refractivity contribution in [2.24, 2.45) is 5.73 Å². The van der Waals surface area contributed by atoms with E-state index in [4.69, 9.17) is 17.3 Å². The van der Waals surface area contributed by atoms with Crippen LogP contribution in [0.4, 0.5) is 0 Å². The fourth-order valence-corrected chi connectivity index (χ4v) is 2.95. The van der Waals surface area contributed by atoms with E-state index in [1.807, 2.05) is 4.90 Å². The number of benzene rings is 1. The lowest BCUT2D eigenvalue weighted by Crippen LogP contribution is -2.54. The molecule has 1 amide bonds. The lowest BCUT2D eigenvalue weighted by atomic mass is 9.88. The summed E-state index contributed by atoms with van der Waals surface area (Å²) in [5.41, 5.74) is 5.50. The highest BCUT2D eigenvalue weighted by Crippen LogP contribution is 2.31. The van der Waals surface area contributed by atoms with Gasteiger partial charge in [0.25, 0.3) is 0 Å². The zero-order valence-electron chi connectivity index (χ0n) is 11.9. The minimum Gasteiger partial charge on any atom is -0.480 e. The van der Waals surface area contributed by atoms with Crippen molar-refractivity contribution in [2.75, 3.05) is 6.54 Å². The number of aliphatic carboxylic acids is 1. The first-order valence-corrected chi connectivity index (χ1v) is 7.29. The molecule has 0 aliphatic carbocycles. The highest BCUT2D eigenvalue weighted by Gasteiger charge is 2.41. The van der Waals surface area contributed by atoms with Crippen LogP contribution < -0.4 is 5.73 Å². The van der Waals surface area contributed by atoms with E-state index in [2.05, 4.69) is 0 Å². The van der Waals surface area contributed by atoms with Crippen LogP contribution in [-0.2, 0) is 11.3 Å². The van der Waals surface area contributed by atoms with Gasteiger partial charge in [0.05, 0.1) is 0 Å². The van der Waals surface area contributed by atoms with Crippen LogP contribution in [0.3, 0.4) is 0 Å². The van der Waals surface area contributed by atoms with Crippen molar-refractivity contribution >= 4 is 23.5 Å². The first-order chi connectivity index (χ1) is 9.84. The molecule has 5 nitrogen and oxygen atoms in total. The number of carbonyl (C=O) groups excluding carboxylic acids is 1. The summed E-state index contributed by atoms with van der Waals surface area (Å²) in [5, 5.41) is 9.93. The Bertz CT molecular complexity index is 576. The normalized spacial score (nSPS) is 23.0. The van der Waals surface area contributed by atoms with Crippen LogP contribution in [0.1, 0.15) is 42.1 Å². The molecule has 3 N–H and O–H groups in total. The molecule has 1 atom stereocenters. The third-order valence-corrected chi connectivity index (χ3v) is 4.55. The molecule has 1 aromatic rings. The number of nitrogens with two attached hydrogens (primary N) is 1. The number of carboxylic acid groups (broad SMARTS) is 1. The molecule has 0 bridgehead atoms. The number of carbonyl (C=O) groups is 2. The summed E-state index contributed by atoms with van der Waals surface area (Å²) in [6.07, 6.45) is 2.51. The quantitative estimate of drug-likeness (QED) is 0.893. The Hall–Kier alpha value is -1.59. The third-order valence-electron chi connectivity index (χ3n) is 4.20. The summed E-state index contributed by atoms with van der Waals surface area (Å²) in [5.74, 6) is -1.34. The number of carboxylic acids is 1. The monoisotopic (exact) mass is 310 g/mol. The van der Waals surface area contributed by atoms with Crippen LogP contribution in [0.25, 0.3) is 0 Å². The largest absolute Gasteiger partial charge is 0.480 e. The lowest BCUT2D eigenvalue weighted by molar-refractivity contribution is -0.153. The van der Waals surface area contributed by atoms with Crippen molar-refractivity contribution < 1.29 is 14.7 Å². The Kier molecular flexibility index (Phi) is 4.54. The standard InChI is InChI=1S/C15H19ClN2O3/c1-15(14(20)21)6-2-3-7-18(15)9-11-5-4-10(13(17)19)8-12(11)16/h4-5,8H,2-3,6-7,9H2,1H3,(H2,17,19)(H,20,21). The Labute approximate surface area is 128 Å². The summed E-state index contributed by atoms with van der Waals surface area (Å²) >= 11 is 6.18. The van der Waals surface area contributed by atoms with Crippen molar-refractivity contribution in [3.8, 4) is 0 Å². The van der Waals surface area contributed by atoms with Gasteiger partial charge in [-0.1, -0.05) is 17.7 Å². The van der Waals surface area contributed by atoms with Crippen LogP contribution >= 0.6 is 11.6 Å². The molecule has 1 saturated heterocycles. The second-order valence-corrected chi connectivity index (χ2v) is 6.04. The second kappa shape index (κ2) is 6.03. The molecule has 1 aliphatic heterocycles. The number of nitrogens with zero attached hydrogens (tertiary/aromatic N) is 1. The molecule has 1 fully saturated rings. The Morgan fingerprint density at radius 2 is 2.14 bits per heavy atom. The van der Waals surface area contributed by atoms with Crippen LogP contribution in [0.15, 0.2) is 18.2 Å². The van der Waals surface area contributed by atoms with Crippen LogP contribution in [-0.4, -0.2) is 34.0 Å². The van der Waals surface area contributed by atoms with Gasteiger partial charge in [-0.05, 0) is 50.4 Å². The maximum absolute atomic E-state index is 11.6. The molecule has 114 valence electrons. The molecule has 1 unspecified atom stereocenters. The van der Waals surface area contributed by atoms with Crippen LogP contribution in [0, 0.1) is 0 Å². The van der Waals surface area contributed by atoms with Crippen molar-refractivity contribution in [3.05, 3.63) is 34.3 Å². The molecule has 0 aromatic heterocycles. The van der Waals surface area contributed by atoms with Crippen molar-refractivity contribution in [2.45, 2.75) is 38.3 Å². The summed E-state index contributed by atoms with van der Waals surface area (Å²) in [6, 6.07) is 4.88. The fourth-order valence-electron chi connectivity index (χ4n) is 2.71. The Morgan fingerprint density at radius 3 is 2.71 bits per heavy atom. The van der Waals surface area contributed by atoms with Gasteiger partial charge in [0, 0.05) is 17.1 Å². The van der Waals surface area contributed by atoms with Gasteiger partial charge in [0.2, 0.25) is 5.91 Å². The molecular weight excluding hydrogens is 292 g/mol. The van der Waals surface area contributed by atoms with E-state index in [0.29, 0.717) is 23.6 Å². The van der Waals surface area contributed by atoms with Gasteiger partial charge in [-0.2, -0.15) is 0 Å². The molecule has 0 radical (unpaired) electrons. The number of likely N-dealkylation sites (tertiary alicyclic amines) is 1. The lowest BCUT2D eigenvalue weighted by Gasteiger charge is -2.41. The van der Waals surface area contributed by atoms with Crippen molar-refractivity contribution in [1.82, 2.24) is 4.90 Å². The summed E-state index contributed by atoms with van der Waals surface area (Å²) in [6.45, 7) is 2.91. The van der Waals surface area contributed by atoms with Crippen LogP contribution in [0.2, 0.25) is 5.02 Å². The van der Waals surface area contributed by atoms with Gasteiger partial charge in [-0.15, -0.1) is 0 Å². The smallest absolute Gasteiger partial charge is 0.323 e. The van der Waals surface area contributed by atoms with Crippen molar-refractivity contribution in [1.29, 1.82) is 0 Å². The number of halogens is 1. The second-order valence-electron chi connectivity index (χ2n) is 5.63. The van der Waals surface area contributed by atoms with Gasteiger partial charge in [0.1, 0.15) is 5.54 Å². The molecule has 6 heteroatoms. The minimum atomic E-state index is -0.871. The van der Waals surface area contributed by atoms with E-state index in [9.17, 15) is 14.7 Å². The molecule has 2 rings (SSSR count). The van der Waals surface area contributed by atoms with E-state index >= 15 is 0 Å². The molecular formula is C15H19ClN2O3. The minimum absolute atomic E-state index is 0.350. The zero-order valence-corrected chi connectivity index (χ0v) is 12.7. The van der Waals surface area contributed by atoms with E-state index in [1.54, 1.807) is 19.1 Å². The number of hydrogen-bond donors (Lipinski definition) is 2. The molecule has 21 heavy (non-hydrogen) atoms. The maximum atomic E-state index is 11.6. The van der Waals surface area contributed by atoms with Gasteiger partial charge < -0.3 is 10.8 Å². The first kappa shape index (κ1) is 15.8. The highest BCUT2D eigenvalue weighted by atomic mass is 35.5. The van der Waals surface area contributed by atoms with Gasteiger partial charge in [-0.3, -0.25) is 14.5 Å². The summed E-state index contributed by atoms with van der Waals surface area (Å²) < 4.78 is 0. The molecule has 1 aromatic carbocycles. The number of primary amides is 1. The third kappa shape index (κ3) is 3.19. The van der Waals surface area contributed by atoms with E-state index < -0.39 is 17.4 Å². The molecule has 0 saturated carbocycles. The van der Waals surface area contributed by atoms with Gasteiger partial charge >= 0.3 is 5.97 Å². The summed E-state index contributed by atoms with van der Waals surface area (Å²) in [4.78, 5) is 24.6. The zero-order chi connectivity index (χ0) is 15.6. The summed E-state index contributed by atoms with van der Waals surface area (Å²) in [7, 11) is 0. The number of rotatable bonds is 4. The highest BCUT2D eigenvalue weighted by molar-refractivity contribution is 6.31. The fraction of sp³-hybridized carbons (Fsp3) is 0.467. The predicted octanol–water partition coefficient (Wildman–Crippen LogP) is 2.27. The first-order valence-electron chi connectivity index (χ1n) is 6.91. The molecule has 0 spiro atoms. The average molecular weight is 311 g/mol. The van der Waals surface area contributed by atoms with Crippen molar-refractivity contribution in [3.63, 3.8) is 0 Å². The van der Waals surface area contributed by atoms with E-state index in [-0.39, 0.29) is 0 Å². The SMILES string of the molecule is CC1(C(=O)O)CCCCN1Cc1ccc(C(N)=O)cc1Cl. The Morgan fingerprint density at radius 1 is 1.43 bits per heavy atom. The van der Waals surface area contributed by atoms with E-state index in [1.165, 1.54) is 6.07 Å². The number of piperidine rings is 1. The molecule has 1 aliphatic rings.